The van der Waals surface area contributed by atoms with E-state index in [4.69, 9.17) is 4.74 Å². The topological polar surface area (TPSA) is 9.23 Å². The van der Waals surface area contributed by atoms with E-state index in [1.54, 1.807) is 0 Å². The lowest BCUT2D eigenvalue weighted by Gasteiger charge is -2.14. The van der Waals surface area contributed by atoms with Gasteiger partial charge in [0.25, 0.3) is 0 Å². The second-order valence-corrected chi connectivity index (χ2v) is 6.24. The average Bonchev–Trinajstić information content (AvgIpc) is 2.62. The van der Waals surface area contributed by atoms with E-state index in [2.05, 4.69) is 79.7 Å². The molecule has 0 bridgehead atoms. The lowest BCUT2D eigenvalue weighted by Crippen LogP contribution is -2.02. The molecule has 0 saturated carbocycles. The summed E-state index contributed by atoms with van der Waals surface area (Å²) < 4.78 is 6.29. The van der Waals surface area contributed by atoms with Crippen molar-refractivity contribution in [3.8, 4) is 5.75 Å². The van der Waals surface area contributed by atoms with Gasteiger partial charge in [0.15, 0.2) is 0 Å². The van der Waals surface area contributed by atoms with Crippen LogP contribution in [0.3, 0.4) is 0 Å². The molecule has 4 aromatic carbocycles. The molecule has 0 aliphatic rings. The number of hydrogen-bond donors (Lipinski definition) is 0. The molecule has 4 aromatic rings. The van der Waals surface area contributed by atoms with Crippen molar-refractivity contribution in [2.75, 3.05) is 6.61 Å². The van der Waals surface area contributed by atoms with Gasteiger partial charge in [-0.05, 0) is 35.4 Å². The Hall–Kier alpha value is -2.80. The normalized spacial score (nSPS) is 11.0. The Labute approximate surface area is 142 Å². The summed E-state index contributed by atoms with van der Waals surface area (Å²) in [5.41, 5.74) is 2.56. The summed E-state index contributed by atoms with van der Waals surface area (Å²) in [6.07, 6.45) is 0.914. The van der Waals surface area contributed by atoms with E-state index in [9.17, 15) is 0 Å². The molecule has 0 radical (unpaired) electrons. The summed E-state index contributed by atoms with van der Waals surface area (Å²) in [6.45, 7) is 2.81. The Morgan fingerprint density at radius 3 is 2.33 bits per heavy atom. The number of aryl methyl sites for hydroxylation is 1. The molecule has 0 amide bonds. The van der Waals surface area contributed by atoms with Crippen LogP contribution in [-0.2, 0) is 6.42 Å². The zero-order valence-corrected chi connectivity index (χ0v) is 13.8. The molecule has 1 heteroatoms. The molecule has 0 saturated heterocycles. The summed E-state index contributed by atoms with van der Waals surface area (Å²) in [7, 11) is 0. The van der Waals surface area contributed by atoms with Crippen LogP contribution in [0.2, 0.25) is 0 Å². The van der Waals surface area contributed by atoms with Crippen LogP contribution in [0.25, 0.3) is 21.5 Å². The highest BCUT2D eigenvalue weighted by atomic mass is 16.5. The summed E-state index contributed by atoms with van der Waals surface area (Å²) in [6, 6.07) is 27.8. The largest absolute Gasteiger partial charge is 0.492 e. The highest BCUT2D eigenvalue weighted by Crippen LogP contribution is 2.35. The summed E-state index contributed by atoms with van der Waals surface area (Å²) in [4.78, 5) is 0. The zero-order chi connectivity index (χ0) is 16.4. The third-order valence-corrected chi connectivity index (χ3v) is 4.45. The molecule has 1 nitrogen and oxygen atoms in total. The smallest absolute Gasteiger partial charge is 0.134 e. The number of ether oxygens (including phenoxy) is 1. The fourth-order valence-corrected chi connectivity index (χ4v) is 3.21. The third kappa shape index (κ3) is 2.85. The Kier molecular flexibility index (Phi) is 3.92. The second kappa shape index (κ2) is 6.37. The van der Waals surface area contributed by atoms with Gasteiger partial charge >= 0.3 is 0 Å². The number of hydrogen-bond acceptors (Lipinski definition) is 1. The maximum Gasteiger partial charge on any atom is 0.134 e. The van der Waals surface area contributed by atoms with Crippen LogP contribution < -0.4 is 4.74 Å². The Morgan fingerprint density at radius 2 is 1.46 bits per heavy atom. The van der Waals surface area contributed by atoms with Crippen molar-refractivity contribution in [3.05, 3.63) is 90.0 Å². The molecule has 0 heterocycles. The van der Waals surface area contributed by atoms with Crippen molar-refractivity contribution in [1.82, 2.24) is 0 Å². The lowest BCUT2D eigenvalue weighted by molar-refractivity contribution is 0.329. The molecule has 0 N–H and O–H groups in total. The van der Waals surface area contributed by atoms with Crippen molar-refractivity contribution >= 4 is 21.5 Å². The fourth-order valence-electron chi connectivity index (χ4n) is 3.21. The minimum Gasteiger partial charge on any atom is -0.492 e. The first-order chi connectivity index (χ1) is 11.8. The van der Waals surface area contributed by atoms with Crippen molar-refractivity contribution in [1.29, 1.82) is 0 Å². The number of benzene rings is 4. The van der Waals surface area contributed by atoms with Crippen molar-refractivity contribution in [3.63, 3.8) is 0 Å². The van der Waals surface area contributed by atoms with E-state index < -0.39 is 0 Å². The summed E-state index contributed by atoms with van der Waals surface area (Å²) >= 11 is 0. The van der Waals surface area contributed by atoms with Crippen LogP contribution in [0.15, 0.2) is 78.9 Å². The van der Waals surface area contributed by atoms with E-state index in [0.29, 0.717) is 6.61 Å². The monoisotopic (exact) mass is 312 g/mol. The van der Waals surface area contributed by atoms with Gasteiger partial charge in [0.05, 0.1) is 6.61 Å². The quantitative estimate of drug-likeness (QED) is 0.425. The van der Waals surface area contributed by atoms with Crippen molar-refractivity contribution in [2.24, 2.45) is 0 Å². The molecule has 0 aromatic heterocycles. The van der Waals surface area contributed by atoms with E-state index in [1.807, 2.05) is 6.07 Å². The zero-order valence-electron chi connectivity index (χ0n) is 13.8. The summed E-state index contributed by atoms with van der Waals surface area (Å²) in [5.74, 6) is 1.00. The van der Waals surface area contributed by atoms with Crippen LogP contribution in [0, 0.1) is 6.92 Å². The second-order valence-electron chi connectivity index (χ2n) is 6.24. The number of rotatable bonds is 4. The summed E-state index contributed by atoms with van der Waals surface area (Å²) in [5, 5.41) is 4.84. The van der Waals surface area contributed by atoms with Crippen LogP contribution in [0.5, 0.6) is 5.75 Å². The molecule has 0 spiro atoms. The first-order valence-corrected chi connectivity index (χ1v) is 8.40. The molecular formula is C23H20O. The lowest BCUT2D eigenvalue weighted by atomic mass is 10.0. The maximum atomic E-state index is 6.29. The highest BCUT2D eigenvalue weighted by molar-refractivity contribution is 6.05. The van der Waals surface area contributed by atoms with Crippen molar-refractivity contribution in [2.45, 2.75) is 13.3 Å². The van der Waals surface area contributed by atoms with Crippen LogP contribution in [0.1, 0.15) is 11.1 Å². The van der Waals surface area contributed by atoms with Gasteiger partial charge in [-0.3, -0.25) is 0 Å². The SMILES string of the molecule is Cc1ccc2cc3ccccc3c(OCCc3ccccc3)c2c1. The van der Waals surface area contributed by atoms with Gasteiger partial charge in [0, 0.05) is 17.2 Å². The van der Waals surface area contributed by atoms with Gasteiger partial charge in [-0.1, -0.05) is 72.3 Å². The van der Waals surface area contributed by atoms with Gasteiger partial charge in [-0.25, -0.2) is 0 Å². The molecule has 0 unspecified atom stereocenters. The Morgan fingerprint density at radius 1 is 0.708 bits per heavy atom. The number of fused-ring (bicyclic) bond motifs is 2. The van der Waals surface area contributed by atoms with Crippen LogP contribution >= 0.6 is 0 Å². The van der Waals surface area contributed by atoms with Gasteiger partial charge in [-0.2, -0.15) is 0 Å². The van der Waals surface area contributed by atoms with Crippen LogP contribution in [0.4, 0.5) is 0 Å². The molecule has 24 heavy (non-hydrogen) atoms. The van der Waals surface area contributed by atoms with E-state index >= 15 is 0 Å². The van der Waals surface area contributed by atoms with Gasteiger partial charge in [0.1, 0.15) is 5.75 Å². The average molecular weight is 312 g/mol. The van der Waals surface area contributed by atoms with Gasteiger partial charge < -0.3 is 4.74 Å². The molecule has 118 valence electrons. The predicted octanol–water partition coefficient (Wildman–Crippen LogP) is 5.92. The minimum absolute atomic E-state index is 0.682. The fraction of sp³-hybridized carbons (Fsp3) is 0.130. The third-order valence-electron chi connectivity index (χ3n) is 4.45. The highest BCUT2D eigenvalue weighted by Gasteiger charge is 2.09. The molecule has 0 aliphatic heterocycles. The van der Waals surface area contributed by atoms with Crippen molar-refractivity contribution < 1.29 is 4.74 Å². The molecular weight excluding hydrogens is 292 g/mol. The van der Waals surface area contributed by atoms with Gasteiger partial charge in [0.2, 0.25) is 0 Å². The standard InChI is InChI=1S/C23H20O/c1-17-11-12-20-16-19-9-5-6-10-21(19)23(22(20)15-17)24-14-13-18-7-3-2-4-8-18/h2-12,15-16H,13-14H2,1H3. The Bertz CT molecular complexity index is 987. The first kappa shape index (κ1) is 14.8. The molecule has 0 fully saturated rings. The van der Waals surface area contributed by atoms with Gasteiger partial charge in [-0.15, -0.1) is 0 Å². The van der Waals surface area contributed by atoms with Crippen LogP contribution in [-0.4, -0.2) is 6.61 Å². The minimum atomic E-state index is 0.682. The van der Waals surface area contributed by atoms with E-state index in [-0.39, 0.29) is 0 Å². The Balaban J connectivity index is 1.74. The first-order valence-electron chi connectivity index (χ1n) is 8.40. The molecule has 4 rings (SSSR count). The maximum absolute atomic E-state index is 6.29. The van der Waals surface area contributed by atoms with E-state index in [0.717, 1.165) is 12.2 Å². The molecule has 0 atom stereocenters. The predicted molar refractivity (Wildman–Crippen MR) is 102 cm³/mol. The van der Waals surface area contributed by atoms with E-state index in [1.165, 1.54) is 32.7 Å². The molecule has 0 aliphatic carbocycles.